The van der Waals surface area contributed by atoms with Gasteiger partial charge in [-0.2, -0.15) is 0 Å². The van der Waals surface area contributed by atoms with E-state index in [9.17, 15) is 4.79 Å². The van der Waals surface area contributed by atoms with Crippen LogP contribution in [0.1, 0.15) is 5.56 Å². The maximum atomic E-state index is 11.4. The minimum Gasteiger partial charge on any atom is -0.375 e. The van der Waals surface area contributed by atoms with Crippen molar-refractivity contribution < 1.29 is 4.79 Å². The van der Waals surface area contributed by atoms with Gasteiger partial charge in [0.05, 0.1) is 17.3 Å². The number of hydrogen-bond donors (Lipinski definition) is 1. The summed E-state index contributed by atoms with van der Waals surface area (Å²) >= 11 is 12.0. The number of rotatable bonds is 3. The van der Waals surface area contributed by atoms with E-state index in [0.717, 1.165) is 5.56 Å². The number of aryl methyl sites for hydroxylation is 1. The zero-order valence-electron chi connectivity index (χ0n) is 9.47. The maximum Gasteiger partial charge on any atom is 0.241 e. The van der Waals surface area contributed by atoms with E-state index >= 15 is 0 Å². The largest absolute Gasteiger partial charge is 0.375 e. The molecule has 0 heterocycles. The normalized spacial score (nSPS) is 10.1. The fraction of sp³-hybridized carbons (Fsp3) is 0.364. The molecule has 0 aliphatic carbocycles. The summed E-state index contributed by atoms with van der Waals surface area (Å²) in [7, 11) is 3.40. The molecule has 0 bridgehead atoms. The molecule has 3 nitrogen and oxygen atoms in total. The van der Waals surface area contributed by atoms with E-state index in [-0.39, 0.29) is 12.5 Å². The minimum atomic E-state index is -0.0206. The van der Waals surface area contributed by atoms with E-state index in [2.05, 4.69) is 5.32 Å². The number of hydrogen-bond acceptors (Lipinski definition) is 2. The van der Waals surface area contributed by atoms with Gasteiger partial charge in [-0.05, 0) is 24.6 Å². The van der Waals surface area contributed by atoms with Gasteiger partial charge in [-0.1, -0.05) is 23.2 Å². The van der Waals surface area contributed by atoms with Gasteiger partial charge in [0.25, 0.3) is 0 Å². The molecule has 1 aromatic carbocycles. The molecule has 88 valence electrons. The van der Waals surface area contributed by atoms with Gasteiger partial charge in [0.15, 0.2) is 0 Å². The molecule has 0 spiro atoms. The van der Waals surface area contributed by atoms with Crippen LogP contribution in [-0.4, -0.2) is 31.4 Å². The lowest BCUT2D eigenvalue weighted by Crippen LogP contribution is -2.28. The molecule has 0 saturated carbocycles. The van der Waals surface area contributed by atoms with E-state index in [1.165, 1.54) is 4.90 Å². The monoisotopic (exact) mass is 260 g/mol. The molecule has 0 unspecified atom stereocenters. The Morgan fingerprint density at radius 1 is 1.31 bits per heavy atom. The summed E-state index contributed by atoms with van der Waals surface area (Å²) in [5.74, 6) is -0.0206. The Morgan fingerprint density at radius 2 is 1.94 bits per heavy atom. The number of nitrogens with one attached hydrogen (secondary N) is 1. The van der Waals surface area contributed by atoms with Crippen molar-refractivity contribution in [3.05, 3.63) is 27.7 Å². The predicted molar refractivity (Wildman–Crippen MR) is 68.4 cm³/mol. The molecule has 5 heteroatoms. The maximum absolute atomic E-state index is 11.4. The highest BCUT2D eigenvalue weighted by Crippen LogP contribution is 2.28. The molecule has 0 saturated heterocycles. The first-order valence-electron chi connectivity index (χ1n) is 4.81. The van der Waals surface area contributed by atoms with Crippen LogP contribution in [0.2, 0.25) is 10.0 Å². The van der Waals surface area contributed by atoms with Gasteiger partial charge in [0.1, 0.15) is 0 Å². The topological polar surface area (TPSA) is 32.3 Å². The van der Waals surface area contributed by atoms with Crippen LogP contribution >= 0.6 is 23.2 Å². The van der Waals surface area contributed by atoms with Crippen molar-refractivity contribution in [1.29, 1.82) is 0 Å². The van der Waals surface area contributed by atoms with Gasteiger partial charge in [-0.3, -0.25) is 4.79 Å². The number of nitrogens with zero attached hydrogens (tertiary/aromatic N) is 1. The molecule has 1 amide bonds. The molecule has 1 aromatic rings. The third-order valence-electron chi connectivity index (χ3n) is 2.18. The fourth-order valence-electron chi connectivity index (χ4n) is 1.11. The highest BCUT2D eigenvalue weighted by molar-refractivity contribution is 6.35. The van der Waals surface area contributed by atoms with Crippen molar-refractivity contribution in [2.24, 2.45) is 0 Å². The SMILES string of the molecule is Cc1cc(Cl)c(NCC(=O)N(C)C)cc1Cl. The van der Waals surface area contributed by atoms with Crippen LogP contribution in [0.25, 0.3) is 0 Å². The second-order valence-corrected chi connectivity index (χ2v) is 4.54. The number of anilines is 1. The Balaban J connectivity index is 2.75. The summed E-state index contributed by atoms with van der Waals surface area (Å²) in [5.41, 5.74) is 1.59. The molecule has 0 atom stereocenters. The van der Waals surface area contributed by atoms with Gasteiger partial charge >= 0.3 is 0 Å². The Bertz CT molecular complexity index is 405. The van der Waals surface area contributed by atoms with E-state index in [0.29, 0.717) is 15.7 Å². The zero-order valence-corrected chi connectivity index (χ0v) is 11.0. The van der Waals surface area contributed by atoms with Crippen molar-refractivity contribution in [3.8, 4) is 0 Å². The van der Waals surface area contributed by atoms with Crippen LogP contribution in [0.15, 0.2) is 12.1 Å². The quantitative estimate of drug-likeness (QED) is 0.907. The third kappa shape index (κ3) is 3.29. The number of benzene rings is 1. The average Bonchev–Trinajstić information content (AvgIpc) is 2.20. The van der Waals surface area contributed by atoms with Crippen LogP contribution in [0.3, 0.4) is 0 Å². The Kier molecular flexibility index (Phi) is 4.44. The molecule has 0 aromatic heterocycles. The third-order valence-corrected chi connectivity index (χ3v) is 2.90. The van der Waals surface area contributed by atoms with Crippen molar-refractivity contribution in [3.63, 3.8) is 0 Å². The van der Waals surface area contributed by atoms with Crippen LogP contribution in [0, 0.1) is 6.92 Å². The summed E-state index contributed by atoms with van der Waals surface area (Å²) in [4.78, 5) is 12.9. The van der Waals surface area contributed by atoms with Gasteiger partial charge in [-0.15, -0.1) is 0 Å². The van der Waals surface area contributed by atoms with Gasteiger partial charge in [-0.25, -0.2) is 0 Å². The van der Waals surface area contributed by atoms with E-state index in [1.54, 1.807) is 26.2 Å². The zero-order chi connectivity index (χ0) is 12.3. The summed E-state index contributed by atoms with van der Waals surface area (Å²) in [6.07, 6.45) is 0. The number of amides is 1. The second-order valence-electron chi connectivity index (χ2n) is 3.72. The molecule has 0 radical (unpaired) electrons. The Hall–Kier alpha value is -0.930. The van der Waals surface area contributed by atoms with Crippen LogP contribution < -0.4 is 5.32 Å². The van der Waals surface area contributed by atoms with Crippen molar-refractivity contribution in [2.45, 2.75) is 6.92 Å². The Morgan fingerprint density at radius 3 is 2.50 bits per heavy atom. The predicted octanol–water partition coefficient (Wildman–Crippen LogP) is 2.80. The molecule has 0 aliphatic rings. The summed E-state index contributed by atoms with van der Waals surface area (Å²) in [6, 6.07) is 3.49. The number of halogens is 2. The number of carbonyl (C=O) groups is 1. The molecule has 0 fully saturated rings. The highest BCUT2D eigenvalue weighted by atomic mass is 35.5. The first kappa shape index (κ1) is 13.1. The van der Waals surface area contributed by atoms with E-state index in [1.807, 2.05) is 6.92 Å². The lowest BCUT2D eigenvalue weighted by molar-refractivity contribution is -0.126. The smallest absolute Gasteiger partial charge is 0.241 e. The first-order valence-corrected chi connectivity index (χ1v) is 5.57. The van der Waals surface area contributed by atoms with Gasteiger partial charge in [0, 0.05) is 19.1 Å². The summed E-state index contributed by atoms with van der Waals surface area (Å²) in [5, 5.41) is 4.15. The number of likely N-dealkylation sites (N-methyl/N-ethyl adjacent to an activating group) is 1. The molecule has 1 rings (SSSR count). The summed E-state index contributed by atoms with van der Waals surface area (Å²) in [6.45, 7) is 2.08. The van der Waals surface area contributed by atoms with E-state index < -0.39 is 0 Å². The molecule has 0 aliphatic heterocycles. The molecule has 1 N–H and O–H groups in total. The summed E-state index contributed by atoms with van der Waals surface area (Å²) < 4.78 is 0. The molecular formula is C11H14Cl2N2O. The first-order chi connectivity index (χ1) is 7.41. The lowest BCUT2D eigenvalue weighted by Gasteiger charge is -2.13. The molecular weight excluding hydrogens is 247 g/mol. The highest BCUT2D eigenvalue weighted by Gasteiger charge is 2.07. The van der Waals surface area contributed by atoms with Crippen molar-refractivity contribution >= 4 is 34.8 Å². The standard InChI is InChI=1S/C11H14Cl2N2O/c1-7-4-9(13)10(5-8(7)12)14-6-11(16)15(2)3/h4-5,14H,6H2,1-3H3. The minimum absolute atomic E-state index is 0.0206. The van der Waals surface area contributed by atoms with Gasteiger partial charge in [0.2, 0.25) is 5.91 Å². The van der Waals surface area contributed by atoms with Crippen LogP contribution in [-0.2, 0) is 4.79 Å². The van der Waals surface area contributed by atoms with Crippen LogP contribution in [0.4, 0.5) is 5.69 Å². The fourth-order valence-corrected chi connectivity index (χ4v) is 1.56. The number of carbonyl (C=O) groups excluding carboxylic acids is 1. The van der Waals surface area contributed by atoms with Gasteiger partial charge < -0.3 is 10.2 Å². The van der Waals surface area contributed by atoms with Crippen molar-refractivity contribution in [1.82, 2.24) is 4.90 Å². The Labute approximate surface area is 105 Å². The molecule has 16 heavy (non-hydrogen) atoms. The van der Waals surface area contributed by atoms with Crippen LogP contribution in [0.5, 0.6) is 0 Å². The average molecular weight is 261 g/mol. The lowest BCUT2D eigenvalue weighted by atomic mass is 10.2. The van der Waals surface area contributed by atoms with Crippen molar-refractivity contribution in [2.75, 3.05) is 26.0 Å². The van der Waals surface area contributed by atoms with E-state index in [4.69, 9.17) is 23.2 Å². The second kappa shape index (κ2) is 5.41.